The minimum atomic E-state index is -0.664. The fourth-order valence-electron chi connectivity index (χ4n) is 3.74. The fraction of sp³-hybridized carbons (Fsp3) is 0.318. The highest BCUT2D eigenvalue weighted by Gasteiger charge is 2.37. The second kappa shape index (κ2) is 7.66. The van der Waals surface area contributed by atoms with Crippen molar-refractivity contribution < 1.29 is 23.5 Å². The van der Waals surface area contributed by atoms with Crippen molar-refractivity contribution in [3.05, 3.63) is 53.8 Å². The van der Waals surface area contributed by atoms with Gasteiger partial charge in [0.1, 0.15) is 11.6 Å². The average molecular weight is 396 g/mol. The monoisotopic (exact) mass is 396 g/mol. The molecule has 2 aromatic rings. The molecule has 6 nitrogen and oxygen atoms in total. The van der Waals surface area contributed by atoms with E-state index in [0.717, 1.165) is 17.7 Å². The van der Waals surface area contributed by atoms with Crippen LogP contribution >= 0.6 is 0 Å². The summed E-state index contributed by atoms with van der Waals surface area (Å²) in [5.41, 5.74) is 1.70. The summed E-state index contributed by atoms with van der Waals surface area (Å²) in [5.74, 6) is -1.56. The van der Waals surface area contributed by atoms with Crippen LogP contribution in [0.25, 0.3) is 0 Å². The first-order valence-electron chi connectivity index (χ1n) is 9.61. The number of halogens is 1. The molecule has 0 N–H and O–H groups in total. The van der Waals surface area contributed by atoms with Crippen LogP contribution < -0.4 is 14.5 Å². The minimum Gasteiger partial charge on any atom is -0.426 e. The minimum absolute atomic E-state index is 0.0213. The third-order valence-corrected chi connectivity index (χ3v) is 5.29. The van der Waals surface area contributed by atoms with E-state index in [9.17, 15) is 18.8 Å². The van der Waals surface area contributed by atoms with Crippen molar-refractivity contribution in [2.75, 3.05) is 22.9 Å². The maximum absolute atomic E-state index is 14.2. The van der Waals surface area contributed by atoms with Crippen molar-refractivity contribution in [2.24, 2.45) is 5.92 Å². The molecule has 0 aliphatic carbocycles. The summed E-state index contributed by atoms with van der Waals surface area (Å²) in [6.07, 6.45) is 1.36. The Morgan fingerprint density at radius 3 is 2.48 bits per heavy atom. The number of aryl methyl sites for hydroxylation is 1. The van der Waals surface area contributed by atoms with Crippen molar-refractivity contribution in [3.63, 3.8) is 0 Å². The lowest BCUT2D eigenvalue weighted by Gasteiger charge is -2.18. The largest absolute Gasteiger partial charge is 0.426 e. The summed E-state index contributed by atoms with van der Waals surface area (Å²) >= 11 is 0. The molecule has 2 aliphatic heterocycles. The molecule has 150 valence electrons. The smallest absolute Gasteiger partial charge is 0.316 e. The Bertz CT molecular complexity index is 973. The van der Waals surface area contributed by atoms with Gasteiger partial charge in [-0.25, -0.2) is 4.39 Å². The van der Waals surface area contributed by atoms with Gasteiger partial charge in [0, 0.05) is 31.6 Å². The van der Waals surface area contributed by atoms with Crippen LogP contribution in [0, 0.1) is 18.7 Å². The lowest BCUT2D eigenvalue weighted by atomic mass is 10.1. The molecule has 0 spiro atoms. The molecule has 2 aromatic carbocycles. The third-order valence-electron chi connectivity index (χ3n) is 5.29. The van der Waals surface area contributed by atoms with Gasteiger partial charge in [-0.1, -0.05) is 6.07 Å². The van der Waals surface area contributed by atoms with E-state index in [4.69, 9.17) is 4.74 Å². The van der Waals surface area contributed by atoms with Crippen molar-refractivity contribution in [2.45, 2.75) is 26.2 Å². The Kier molecular flexibility index (Phi) is 5.05. The normalized spacial score (nSPS) is 19.2. The molecule has 2 fully saturated rings. The zero-order chi connectivity index (χ0) is 20.5. The van der Waals surface area contributed by atoms with Gasteiger partial charge in [-0.15, -0.1) is 0 Å². The van der Waals surface area contributed by atoms with E-state index in [-0.39, 0.29) is 30.5 Å². The van der Waals surface area contributed by atoms with Crippen LogP contribution in [0.4, 0.5) is 15.8 Å². The molecule has 7 heteroatoms. The maximum atomic E-state index is 14.2. The van der Waals surface area contributed by atoms with Crippen molar-refractivity contribution >= 4 is 29.2 Å². The summed E-state index contributed by atoms with van der Waals surface area (Å²) in [4.78, 5) is 39.6. The second-order valence-corrected chi connectivity index (χ2v) is 7.42. The van der Waals surface area contributed by atoms with Crippen molar-refractivity contribution in [1.29, 1.82) is 0 Å². The lowest BCUT2D eigenvalue weighted by Crippen LogP contribution is -2.28. The number of hydrogen-bond acceptors (Lipinski definition) is 4. The highest BCUT2D eigenvalue weighted by Crippen LogP contribution is 2.30. The van der Waals surface area contributed by atoms with Crippen LogP contribution in [-0.4, -0.2) is 30.9 Å². The topological polar surface area (TPSA) is 66.9 Å². The molecule has 2 amide bonds. The number of ether oxygens (including phenoxy) is 1. The molecule has 0 radical (unpaired) electrons. The Labute approximate surface area is 167 Å². The molecule has 0 bridgehead atoms. The van der Waals surface area contributed by atoms with Crippen molar-refractivity contribution in [3.8, 4) is 5.75 Å². The molecule has 29 heavy (non-hydrogen) atoms. The quantitative estimate of drug-likeness (QED) is 0.588. The molecule has 0 saturated carbocycles. The van der Waals surface area contributed by atoms with Gasteiger partial charge in [0.25, 0.3) is 0 Å². The Balaban J connectivity index is 1.41. The molecular weight excluding hydrogens is 375 g/mol. The molecule has 0 aromatic heterocycles. The summed E-state index contributed by atoms with van der Waals surface area (Å²) < 4.78 is 19.6. The van der Waals surface area contributed by atoms with Crippen LogP contribution in [0.5, 0.6) is 5.75 Å². The highest BCUT2D eigenvalue weighted by molar-refractivity contribution is 6.00. The summed E-state index contributed by atoms with van der Waals surface area (Å²) in [5, 5.41) is 0. The van der Waals surface area contributed by atoms with E-state index < -0.39 is 17.7 Å². The van der Waals surface area contributed by atoms with Crippen LogP contribution in [0.2, 0.25) is 0 Å². The van der Waals surface area contributed by atoms with Gasteiger partial charge in [-0.2, -0.15) is 0 Å². The number of benzene rings is 2. The summed E-state index contributed by atoms with van der Waals surface area (Å²) in [6.45, 7) is 2.54. The fourth-order valence-corrected chi connectivity index (χ4v) is 3.74. The number of esters is 1. The van der Waals surface area contributed by atoms with E-state index in [2.05, 4.69) is 0 Å². The number of anilines is 2. The number of hydrogen-bond donors (Lipinski definition) is 0. The Morgan fingerprint density at radius 2 is 1.83 bits per heavy atom. The van der Waals surface area contributed by atoms with Crippen LogP contribution in [-0.2, 0) is 14.4 Å². The Morgan fingerprint density at radius 1 is 1.07 bits per heavy atom. The molecule has 2 aliphatic rings. The summed E-state index contributed by atoms with van der Waals surface area (Å²) in [6, 6.07) is 11.4. The molecule has 1 unspecified atom stereocenters. The number of carbonyl (C=O) groups is 3. The van der Waals surface area contributed by atoms with Gasteiger partial charge < -0.3 is 14.5 Å². The van der Waals surface area contributed by atoms with Gasteiger partial charge in [-0.05, 0) is 55.3 Å². The predicted molar refractivity (Wildman–Crippen MR) is 105 cm³/mol. The molecule has 2 heterocycles. The standard InChI is InChI=1S/C22H21FN2O4/c1-14-4-9-19(18(23)11-14)25-13-15(12-21(25)27)22(28)29-17-7-5-16(6-8-17)24-10-2-3-20(24)26/h4-9,11,15H,2-3,10,12-13H2,1H3. The molecule has 1 atom stereocenters. The van der Waals surface area contributed by atoms with E-state index in [0.29, 0.717) is 18.7 Å². The van der Waals surface area contributed by atoms with E-state index in [1.165, 1.54) is 11.0 Å². The number of nitrogens with zero attached hydrogens (tertiary/aromatic N) is 2. The van der Waals surface area contributed by atoms with Gasteiger partial charge in [0.2, 0.25) is 11.8 Å². The number of rotatable bonds is 4. The zero-order valence-electron chi connectivity index (χ0n) is 16.1. The van der Waals surface area contributed by atoms with E-state index >= 15 is 0 Å². The van der Waals surface area contributed by atoms with E-state index in [1.54, 1.807) is 48.2 Å². The SMILES string of the molecule is Cc1ccc(N2CC(C(=O)Oc3ccc(N4CCCC4=O)cc3)CC2=O)c(F)c1. The van der Waals surface area contributed by atoms with Crippen molar-refractivity contribution in [1.82, 2.24) is 0 Å². The first-order chi connectivity index (χ1) is 13.9. The number of amides is 2. The Hall–Kier alpha value is -3.22. The molecular formula is C22H21FN2O4. The number of carbonyl (C=O) groups excluding carboxylic acids is 3. The van der Waals surface area contributed by atoms with Crippen LogP contribution in [0.3, 0.4) is 0 Å². The van der Waals surface area contributed by atoms with Gasteiger partial charge in [0.05, 0.1) is 11.6 Å². The van der Waals surface area contributed by atoms with Gasteiger partial charge in [-0.3, -0.25) is 14.4 Å². The van der Waals surface area contributed by atoms with Gasteiger partial charge in [0.15, 0.2) is 0 Å². The average Bonchev–Trinajstić information content (AvgIpc) is 3.28. The second-order valence-electron chi connectivity index (χ2n) is 7.42. The van der Waals surface area contributed by atoms with Crippen LogP contribution in [0.15, 0.2) is 42.5 Å². The zero-order valence-corrected chi connectivity index (χ0v) is 16.1. The predicted octanol–water partition coefficient (Wildman–Crippen LogP) is 3.22. The summed E-state index contributed by atoms with van der Waals surface area (Å²) in [7, 11) is 0. The van der Waals surface area contributed by atoms with E-state index in [1.807, 2.05) is 0 Å². The first kappa shape index (κ1) is 19.1. The molecule has 2 saturated heterocycles. The van der Waals surface area contributed by atoms with Crippen LogP contribution in [0.1, 0.15) is 24.8 Å². The highest BCUT2D eigenvalue weighted by atomic mass is 19.1. The van der Waals surface area contributed by atoms with Gasteiger partial charge >= 0.3 is 5.97 Å². The maximum Gasteiger partial charge on any atom is 0.316 e. The third kappa shape index (κ3) is 3.85. The molecule has 4 rings (SSSR count). The first-order valence-corrected chi connectivity index (χ1v) is 9.61. The lowest BCUT2D eigenvalue weighted by molar-refractivity contribution is -0.139.